The van der Waals surface area contributed by atoms with E-state index in [0.717, 1.165) is 36.5 Å². The van der Waals surface area contributed by atoms with Crippen LogP contribution in [0.5, 0.6) is 5.75 Å². The standard InChI is InChI=1S/C22H28FN3O2/c1-3-28-21-6-4-5-18(13-21)16(2)25-22(27)24-14-17-11-12-26(15-17)20-9-7-19(23)8-10-20/h4-10,13,16-17H,3,11-12,14-15H2,1-2H3,(H2,24,25,27). The molecule has 0 spiro atoms. The highest BCUT2D eigenvalue weighted by atomic mass is 19.1. The second-order valence-electron chi connectivity index (χ2n) is 7.16. The van der Waals surface area contributed by atoms with Crippen molar-refractivity contribution in [3.63, 3.8) is 0 Å². The van der Waals surface area contributed by atoms with Gasteiger partial charge in [-0.25, -0.2) is 9.18 Å². The molecule has 3 rings (SSSR count). The summed E-state index contributed by atoms with van der Waals surface area (Å²) in [5.74, 6) is 0.965. The number of carbonyl (C=O) groups is 1. The molecule has 0 bridgehead atoms. The van der Waals surface area contributed by atoms with E-state index in [2.05, 4.69) is 15.5 Å². The number of nitrogens with zero attached hydrogens (tertiary/aromatic N) is 1. The summed E-state index contributed by atoms with van der Waals surface area (Å²) in [7, 11) is 0. The summed E-state index contributed by atoms with van der Waals surface area (Å²) in [5.41, 5.74) is 2.03. The Morgan fingerprint density at radius 1 is 1.29 bits per heavy atom. The molecule has 1 heterocycles. The second-order valence-corrected chi connectivity index (χ2v) is 7.16. The molecule has 0 saturated carbocycles. The molecule has 2 amide bonds. The molecule has 1 aliphatic rings. The topological polar surface area (TPSA) is 53.6 Å². The highest BCUT2D eigenvalue weighted by Crippen LogP contribution is 2.24. The van der Waals surface area contributed by atoms with Crippen molar-refractivity contribution in [2.24, 2.45) is 5.92 Å². The van der Waals surface area contributed by atoms with Crippen LogP contribution in [0, 0.1) is 11.7 Å². The van der Waals surface area contributed by atoms with Crippen LogP contribution in [-0.2, 0) is 0 Å². The summed E-state index contributed by atoms with van der Waals surface area (Å²) in [6.07, 6.45) is 1.00. The van der Waals surface area contributed by atoms with Crippen LogP contribution >= 0.6 is 0 Å². The largest absolute Gasteiger partial charge is 0.494 e. The van der Waals surface area contributed by atoms with Crippen molar-refractivity contribution in [1.82, 2.24) is 10.6 Å². The summed E-state index contributed by atoms with van der Waals surface area (Å²) in [6, 6.07) is 14.1. The maximum absolute atomic E-state index is 13.1. The van der Waals surface area contributed by atoms with Gasteiger partial charge in [0.25, 0.3) is 0 Å². The van der Waals surface area contributed by atoms with E-state index < -0.39 is 0 Å². The average Bonchev–Trinajstić information content (AvgIpc) is 3.16. The van der Waals surface area contributed by atoms with Gasteiger partial charge in [-0.3, -0.25) is 0 Å². The van der Waals surface area contributed by atoms with Gasteiger partial charge in [-0.15, -0.1) is 0 Å². The van der Waals surface area contributed by atoms with Gasteiger partial charge in [0.15, 0.2) is 0 Å². The molecule has 1 fully saturated rings. The molecule has 2 atom stereocenters. The highest BCUT2D eigenvalue weighted by molar-refractivity contribution is 5.74. The van der Waals surface area contributed by atoms with Crippen molar-refractivity contribution in [2.75, 3.05) is 31.1 Å². The zero-order valence-corrected chi connectivity index (χ0v) is 16.5. The van der Waals surface area contributed by atoms with Crippen LogP contribution in [0.15, 0.2) is 48.5 Å². The van der Waals surface area contributed by atoms with E-state index >= 15 is 0 Å². The number of rotatable bonds is 7. The number of hydrogen-bond donors (Lipinski definition) is 2. The fourth-order valence-electron chi connectivity index (χ4n) is 3.49. The molecule has 5 nitrogen and oxygen atoms in total. The number of anilines is 1. The quantitative estimate of drug-likeness (QED) is 0.754. The summed E-state index contributed by atoms with van der Waals surface area (Å²) in [6.45, 7) is 6.91. The van der Waals surface area contributed by atoms with E-state index in [-0.39, 0.29) is 17.9 Å². The van der Waals surface area contributed by atoms with Crippen LogP contribution in [0.4, 0.5) is 14.9 Å². The van der Waals surface area contributed by atoms with Gasteiger partial charge in [0.2, 0.25) is 0 Å². The van der Waals surface area contributed by atoms with E-state index in [1.165, 1.54) is 12.1 Å². The van der Waals surface area contributed by atoms with Gasteiger partial charge in [-0.05, 0) is 68.1 Å². The number of halogens is 1. The van der Waals surface area contributed by atoms with Crippen LogP contribution in [-0.4, -0.2) is 32.3 Å². The number of ether oxygens (including phenoxy) is 1. The average molecular weight is 385 g/mol. The summed E-state index contributed by atoms with van der Waals surface area (Å²) in [4.78, 5) is 14.5. The highest BCUT2D eigenvalue weighted by Gasteiger charge is 2.23. The molecular formula is C22H28FN3O2. The van der Waals surface area contributed by atoms with Crippen LogP contribution in [0.1, 0.15) is 31.9 Å². The third-order valence-corrected chi connectivity index (χ3v) is 5.05. The zero-order valence-electron chi connectivity index (χ0n) is 16.5. The number of hydrogen-bond acceptors (Lipinski definition) is 3. The molecule has 150 valence electrons. The molecule has 28 heavy (non-hydrogen) atoms. The van der Waals surface area contributed by atoms with Crippen molar-refractivity contribution >= 4 is 11.7 Å². The molecule has 6 heteroatoms. The van der Waals surface area contributed by atoms with Gasteiger partial charge >= 0.3 is 6.03 Å². The van der Waals surface area contributed by atoms with Crippen molar-refractivity contribution in [2.45, 2.75) is 26.3 Å². The monoisotopic (exact) mass is 385 g/mol. The van der Waals surface area contributed by atoms with Crippen molar-refractivity contribution < 1.29 is 13.9 Å². The SMILES string of the molecule is CCOc1cccc(C(C)NC(=O)NCC2CCN(c3ccc(F)cc3)C2)c1. The first-order chi connectivity index (χ1) is 13.5. The lowest BCUT2D eigenvalue weighted by atomic mass is 10.1. The Morgan fingerprint density at radius 3 is 2.82 bits per heavy atom. The van der Waals surface area contributed by atoms with Gasteiger partial charge in [0.05, 0.1) is 12.6 Å². The van der Waals surface area contributed by atoms with Crippen molar-refractivity contribution in [1.29, 1.82) is 0 Å². The number of urea groups is 1. The number of benzene rings is 2. The van der Waals surface area contributed by atoms with E-state index in [1.807, 2.05) is 38.1 Å². The maximum atomic E-state index is 13.1. The molecule has 0 aromatic heterocycles. The Labute approximate surface area is 165 Å². The molecule has 2 aromatic carbocycles. The summed E-state index contributed by atoms with van der Waals surface area (Å²) >= 11 is 0. The Hall–Kier alpha value is -2.76. The van der Waals surface area contributed by atoms with Crippen LogP contribution in [0.3, 0.4) is 0 Å². The summed E-state index contributed by atoms with van der Waals surface area (Å²) in [5, 5.41) is 5.96. The minimum absolute atomic E-state index is 0.111. The van der Waals surface area contributed by atoms with Crippen LogP contribution in [0.25, 0.3) is 0 Å². The molecule has 2 aromatic rings. The third kappa shape index (κ3) is 5.38. The van der Waals surface area contributed by atoms with E-state index in [0.29, 0.717) is 19.1 Å². The molecule has 2 unspecified atom stereocenters. The first kappa shape index (κ1) is 20.0. The van der Waals surface area contributed by atoms with E-state index in [4.69, 9.17) is 4.74 Å². The minimum Gasteiger partial charge on any atom is -0.494 e. The minimum atomic E-state index is -0.223. The smallest absolute Gasteiger partial charge is 0.315 e. The first-order valence-corrected chi connectivity index (χ1v) is 9.82. The predicted molar refractivity (Wildman–Crippen MR) is 109 cm³/mol. The van der Waals surface area contributed by atoms with E-state index in [1.54, 1.807) is 12.1 Å². The Morgan fingerprint density at radius 2 is 2.07 bits per heavy atom. The van der Waals surface area contributed by atoms with Gasteiger partial charge in [-0.1, -0.05) is 12.1 Å². The normalized spacial score (nSPS) is 17.2. The molecule has 2 N–H and O–H groups in total. The van der Waals surface area contributed by atoms with Crippen LogP contribution in [0.2, 0.25) is 0 Å². The molecule has 0 radical (unpaired) electrons. The number of amides is 2. The second kappa shape index (κ2) is 9.44. The van der Waals surface area contributed by atoms with Crippen molar-refractivity contribution in [3.8, 4) is 5.75 Å². The Bertz CT molecular complexity index is 782. The van der Waals surface area contributed by atoms with Gasteiger partial charge in [0.1, 0.15) is 11.6 Å². The fourth-order valence-corrected chi connectivity index (χ4v) is 3.49. The summed E-state index contributed by atoms with van der Waals surface area (Å²) < 4.78 is 18.6. The lowest BCUT2D eigenvalue weighted by Crippen LogP contribution is -2.40. The van der Waals surface area contributed by atoms with Gasteiger partial charge in [-0.2, -0.15) is 0 Å². The molecule has 1 aliphatic heterocycles. The third-order valence-electron chi connectivity index (χ3n) is 5.05. The molecular weight excluding hydrogens is 357 g/mol. The lowest BCUT2D eigenvalue weighted by molar-refractivity contribution is 0.236. The van der Waals surface area contributed by atoms with E-state index in [9.17, 15) is 9.18 Å². The fraction of sp³-hybridized carbons (Fsp3) is 0.409. The van der Waals surface area contributed by atoms with Gasteiger partial charge in [0, 0.05) is 25.3 Å². The maximum Gasteiger partial charge on any atom is 0.315 e. The molecule has 1 saturated heterocycles. The van der Waals surface area contributed by atoms with Crippen molar-refractivity contribution in [3.05, 3.63) is 59.9 Å². The Kier molecular flexibility index (Phi) is 6.74. The van der Waals surface area contributed by atoms with Gasteiger partial charge < -0.3 is 20.3 Å². The molecule has 0 aliphatic carbocycles. The predicted octanol–water partition coefficient (Wildman–Crippen LogP) is 4.11. The zero-order chi connectivity index (χ0) is 19.9. The number of carbonyl (C=O) groups excluding carboxylic acids is 1. The van der Waals surface area contributed by atoms with Crippen LogP contribution < -0.4 is 20.3 Å². The number of nitrogens with one attached hydrogen (secondary N) is 2. The Balaban J connectivity index is 1.44. The first-order valence-electron chi connectivity index (χ1n) is 9.82. The lowest BCUT2D eigenvalue weighted by Gasteiger charge is -2.19.